The molecule has 1 aliphatic carbocycles. The highest BCUT2D eigenvalue weighted by Gasteiger charge is 2.34. The normalized spacial score (nSPS) is 13.6. The molecule has 0 heterocycles. The van der Waals surface area contributed by atoms with Gasteiger partial charge in [-0.05, 0) is 72.9 Å². The van der Waals surface area contributed by atoms with E-state index in [-0.39, 0.29) is 12.5 Å². The molecule has 0 N–H and O–H groups in total. The van der Waals surface area contributed by atoms with Gasteiger partial charge in [-0.15, -0.1) is 0 Å². The van der Waals surface area contributed by atoms with E-state index in [9.17, 15) is 9.59 Å². The minimum absolute atomic E-state index is 0.0438. The number of nitrogens with zero attached hydrogens (tertiary/aromatic N) is 1. The lowest BCUT2D eigenvalue weighted by molar-refractivity contribution is -0.160. The maximum atomic E-state index is 13.3. The van der Waals surface area contributed by atoms with Crippen molar-refractivity contribution in [3.05, 3.63) is 95.1 Å². The van der Waals surface area contributed by atoms with Gasteiger partial charge in [0, 0.05) is 13.0 Å². The number of likely N-dealkylation sites (N-methyl/N-ethyl adjacent to an activating group) is 1. The van der Waals surface area contributed by atoms with Gasteiger partial charge < -0.3 is 9.47 Å². The first-order chi connectivity index (χ1) is 18.1. The maximum Gasteiger partial charge on any atom is 0.410 e. The molecular weight excluding hydrogens is 474 g/mol. The topological polar surface area (TPSA) is 55.8 Å². The SMILES string of the molecule is CC(C)c1ccccc1CCC(C(=O)OC(C)(C)C)N(C)C(=O)OCC1c2ccccc2-c2ccccc21. The number of esters is 1. The second kappa shape index (κ2) is 11.4. The van der Waals surface area contributed by atoms with Crippen LogP contribution in [0.1, 0.15) is 75.1 Å². The van der Waals surface area contributed by atoms with Crippen LogP contribution in [0.4, 0.5) is 4.79 Å². The van der Waals surface area contributed by atoms with E-state index in [4.69, 9.17) is 9.47 Å². The first kappa shape index (κ1) is 27.4. The van der Waals surface area contributed by atoms with E-state index in [1.165, 1.54) is 27.2 Å². The quantitative estimate of drug-likeness (QED) is 0.296. The van der Waals surface area contributed by atoms with Gasteiger partial charge in [0.05, 0.1) is 0 Å². The van der Waals surface area contributed by atoms with Gasteiger partial charge in [-0.25, -0.2) is 9.59 Å². The Morgan fingerprint density at radius 2 is 1.42 bits per heavy atom. The van der Waals surface area contributed by atoms with Crippen molar-refractivity contribution >= 4 is 12.1 Å². The fraction of sp³-hybridized carbons (Fsp3) is 0.394. The number of rotatable bonds is 8. The van der Waals surface area contributed by atoms with Gasteiger partial charge in [0.2, 0.25) is 0 Å². The first-order valence-corrected chi connectivity index (χ1v) is 13.4. The van der Waals surface area contributed by atoms with E-state index < -0.39 is 23.7 Å². The molecule has 0 aliphatic heterocycles. The van der Waals surface area contributed by atoms with Crippen molar-refractivity contribution in [1.29, 1.82) is 0 Å². The fourth-order valence-corrected chi connectivity index (χ4v) is 5.28. The third-order valence-electron chi connectivity index (χ3n) is 7.13. The molecule has 4 rings (SSSR count). The first-order valence-electron chi connectivity index (χ1n) is 13.4. The summed E-state index contributed by atoms with van der Waals surface area (Å²) in [5, 5.41) is 0. The Morgan fingerprint density at radius 3 is 2.00 bits per heavy atom. The van der Waals surface area contributed by atoms with Crippen molar-refractivity contribution in [1.82, 2.24) is 4.90 Å². The molecule has 1 atom stereocenters. The maximum absolute atomic E-state index is 13.3. The van der Waals surface area contributed by atoms with Gasteiger partial charge in [0.1, 0.15) is 18.2 Å². The van der Waals surface area contributed by atoms with E-state index in [0.717, 1.165) is 11.1 Å². The number of hydrogen-bond acceptors (Lipinski definition) is 4. The van der Waals surface area contributed by atoms with Crippen LogP contribution in [-0.2, 0) is 20.7 Å². The largest absolute Gasteiger partial charge is 0.458 e. The molecule has 0 radical (unpaired) electrons. The zero-order valence-electron chi connectivity index (χ0n) is 23.4. The summed E-state index contributed by atoms with van der Waals surface area (Å²) >= 11 is 0. The molecule has 3 aromatic rings. The summed E-state index contributed by atoms with van der Waals surface area (Å²) < 4.78 is 11.6. The molecule has 0 spiro atoms. The zero-order valence-corrected chi connectivity index (χ0v) is 23.4. The molecule has 0 saturated carbocycles. The Labute approximate surface area is 226 Å². The molecular formula is C33H39NO4. The van der Waals surface area contributed by atoms with Crippen LogP contribution in [0.25, 0.3) is 11.1 Å². The Morgan fingerprint density at radius 1 is 0.868 bits per heavy atom. The van der Waals surface area contributed by atoms with Crippen molar-refractivity contribution in [3.63, 3.8) is 0 Å². The van der Waals surface area contributed by atoms with Crippen molar-refractivity contribution in [2.75, 3.05) is 13.7 Å². The lowest BCUT2D eigenvalue weighted by Crippen LogP contribution is -2.46. The highest BCUT2D eigenvalue weighted by Crippen LogP contribution is 2.44. The van der Waals surface area contributed by atoms with Crippen molar-refractivity contribution in [3.8, 4) is 11.1 Å². The van der Waals surface area contributed by atoms with Crippen LogP contribution in [0.15, 0.2) is 72.8 Å². The Kier molecular flexibility index (Phi) is 8.25. The van der Waals surface area contributed by atoms with Crippen LogP contribution in [0.5, 0.6) is 0 Å². The van der Waals surface area contributed by atoms with E-state index in [0.29, 0.717) is 18.8 Å². The Balaban J connectivity index is 1.50. The summed E-state index contributed by atoms with van der Waals surface area (Å²) in [4.78, 5) is 28.0. The molecule has 200 valence electrons. The number of fused-ring (bicyclic) bond motifs is 3. The molecule has 0 saturated heterocycles. The van der Waals surface area contributed by atoms with E-state index >= 15 is 0 Å². The summed E-state index contributed by atoms with van der Waals surface area (Å²) in [6.07, 6.45) is 0.568. The van der Waals surface area contributed by atoms with Crippen molar-refractivity contribution < 1.29 is 19.1 Å². The number of carbonyl (C=O) groups is 2. The predicted octanol–water partition coefficient (Wildman–Crippen LogP) is 7.33. The van der Waals surface area contributed by atoms with E-state index in [2.05, 4.69) is 50.2 Å². The van der Waals surface area contributed by atoms with Crippen molar-refractivity contribution in [2.45, 2.75) is 70.9 Å². The van der Waals surface area contributed by atoms with Crippen LogP contribution in [0.2, 0.25) is 0 Å². The zero-order chi connectivity index (χ0) is 27.4. The number of carbonyl (C=O) groups excluding carboxylic acids is 2. The van der Waals surface area contributed by atoms with E-state index in [1.54, 1.807) is 7.05 Å². The van der Waals surface area contributed by atoms with Crippen LogP contribution < -0.4 is 0 Å². The monoisotopic (exact) mass is 513 g/mol. The molecule has 0 aromatic heterocycles. The second-order valence-electron chi connectivity index (χ2n) is 11.4. The minimum atomic E-state index is -0.759. The lowest BCUT2D eigenvalue weighted by atomic mass is 9.93. The highest BCUT2D eigenvalue weighted by molar-refractivity contribution is 5.82. The van der Waals surface area contributed by atoms with Gasteiger partial charge in [0.15, 0.2) is 0 Å². The Hall–Kier alpha value is -3.60. The smallest absolute Gasteiger partial charge is 0.410 e. The highest BCUT2D eigenvalue weighted by atomic mass is 16.6. The fourth-order valence-electron chi connectivity index (χ4n) is 5.28. The van der Waals surface area contributed by atoms with Crippen LogP contribution >= 0.6 is 0 Å². The van der Waals surface area contributed by atoms with Crippen LogP contribution in [-0.4, -0.2) is 42.3 Å². The Bertz CT molecular complexity index is 1240. The summed E-state index contributed by atoms with van der Waals surface area (Å²) in [6.45, 7) is 10.0. The molecule has 1 aliphatic rings. The molecule has 0 fully saturated rings. The number of aryl methyl sites for hydroxylation is 1. The molecule has 5 heteroatoms. The van der Waals surface area contributed by atoms with Gasteiger partial charge in [0.25, 0.3) is 0 Å². The molecule has 38 heavy (non-hydrogen) atoms. The van der Waals surface area contributed by atoms with Gasteiger partial charge >= 0.3 is 12.1 Å². The molecule has 0 bridgehead atoms. The van der Waals surface area contributed by atoms with Crippen molar-refractivity contribution in [2.24, 2.45) is 0 Å². The van der Waals surface area contributed by atoms with Crippen LogP contribution in [0.3, 0.4) is 0 Å². The van der Waals surface area contributed by atoms with Gasteiger partial charge in [-0.2, -0.15) is 0 Å². The second-order valence-corrected chi connectivity index (χ2v) is 11.4. The number of hydrogen-bond donors (Lipinski definition) is 0. The number of ether oxygens (including phenoxy) is 2. The standard InChI is InChI=1S/C33H39NO4/c1-22(2)24-14-8-7-13-23(24)19-20-30(31(35)38-33(3,4)5)34(6)32(36)37-21-29-27-17-11-9-15-25(27)26-16-10-12-18-28(26)29/h7-18,22,29-30H,19-21H2,1-6H3. The summed E-state index contributed by atoms with van der Waals surface area (Å²) in [7, 11) is 1.63. The third kappa shape index (κ3) is 6.09. The molecule has 3 aromatic carbocycles. The number of amides is 1. The predicted molar refractivity (Wildman–Crippen MR) is 151 cm³/mol. The molecule has 1 amide bonds. The average molecular weight is 514 g/mol. The van der Waals surface area contributed by atoms with E-state index in [1.807, 2.05) is 57.2 Å². The average Bonchev–Trinajstić information content (AvgIpc) is 3.20. The summed E-state index contributed by atoms with van der Waals surface area (Å²) in [5.41, 5.74) is 6.42. The third-order valence-corrected chi connectivity index (χ3v) is 7.13. The van der Waals surface area contributed by atoms with Gasteiger partial charge in [-0.3, -0.25) is 4.90 Å². The number of benzene rings is 3. The lowest BCUT2D eigenvalue weighted by Gasteiger charge is -2.30. The van der Waals surface area contributed by atoms with Crippen LogP contribution in [0, 0.1) is 0 Å². The summed E-state index contributed by atoms with van der Waals surface area (Å²) in [6, 6.07) is 24.0. The van der Waals surface area contributed by atoms with Gasteiger partial charge in [-0.1, -0.05) is 86.6 Å². The molecule has 5 nitrogen and oxygen atoms in total. The summed E-state index contributed by atoms with van der Waals surface area (Å²) in [5.74, 6) is -0.0979. The minimum Gasteiger partial charge on any atom is -0.458 e. The molecule has 1 unspecified atom stereocenters.